The van der Waals surface area contributed by atoms with Crippen molar-refractivity contribution in [3.8, 4) is 0 Å². The van der Waals surface area contributed by atoms with Gasteiger partial charge in [0.15, 0.2) is 5.03 Å². The zero-order chi connectivity index (χ0) is 40.6. The second kappa shape index (κ2) is 15.6. The largest absolute Gasteiger partial charge is 0.477 e. The molecule has 17 nitrogen and oxygen atoms in total. The first-order chi connectivity index (χ1) is 26.4. The Balaban J connectivity index is 1.27. The number of hydrogen-bond donors (Lipinski definition) is 4. The number of benzene rings is 1. The summed E-state index contributed by atoms with van der Waals surface area (Å²) in [5, 5.41) is 14.4. The van der Waals surface area contributed by atoms with Crippen LogP contribution < -0.4 is 15.4 Å². The van der Waals surface area contributed by atoms with Gasteiger partial charge in [0.05, 0.1) is 6.54 Å². The number of aromatic carboxylic acids is 1. The highest BCUT2D eigenvalue weighted by molar-refractivity contribution is 7.90. The molecule has 2 aromatic rings. The van der Waals surface area contributed by atoms with Gasteiger partial charge in [-0.3, -0.25) is 19.3 Å². The maximum atomic E-state index is 14.4. The fourth-order valence-electron chi connectivity index (χ4n) is 7.54. The van der Waals surface area contributed by atoms with Crippen molar-refractivity contribution in [3.63, 3.8) is 0 Å². The number of hydrogen-bond acceptors (Lipinski definition) is 10. The van der Waals surface area contributed by atoms with Gasteiger partial charge in [-0.1, -0.05) is 49.3 Å². The van der Waals surface area contributed by atoms with Crippen molar-refractivity contribution in [2.45, 2.75) is 113 Å². The molecular formula is C38H48N6O11S. The summed E-state index contributed by atoms with van der Waals surface area (Å²) in [7, 11) is -3.38. The van der Waals surface area contributed by atoms with Crippen molar-refractivity contribution in [1.82, 2.24) is 29.7 Å². The standard InChI is InChI=1S/C38H48N6O11S/c1-37(2,3)55-35(50)39-27-15-9-7-5-6-8-14-25-19-38(25,34(49)41-56(52,53)30-17-16-28(33(47)48)42(30)4)40-31(45)29-18-26(22-44(29)32(27)46)54-36(51)43-20-23-12-10-11-13-24(23)21-43/h8,10-14,16-17,25-27,29H,5-7,9,15,18-22H2,1-4H3,(H,39,50)(H,40,45)(H,41,49)(H,47,48)/t25-,26+,27-,29-,38+/m0/s1. The number of rotatable bonds is 6. The van der Waals surface area contributed by atoms with Crippen molar-refractivity contribution in [2.24, 2.45) is 13.0 Å². The molecule has 0 unspecified atom stereocenters. The Labute approximate surface area is 324 Å². The number of amides is 5. The molecular weight excluding hydrogens is 749 g/mol. The summed E-state index contributed by atoms with van der Waals surface area (Å²) in [4.78, 5) is 83.4. The molecule has 1 saturated heterocycles. The minimum atomic E-state index is -4.61. The second-order valence-electron chi connectivity index (χ2n) is 15.8. The van der Waals surface area contributed by atoms with Gasteiger partial charge in [0.2, 0.25) is 11.8 Å². The Morgan fingerprint density at radius 1 is 1.00 bits per heavy atom. The third-order valence-electron chi connectivity index (χ3n) is 10.5. The first kappa shape index (κ1) is 40.3. The van der Waals surface area contributed by atoms with Crippen molar-refractivity contribution >= 4 is 45.9 Å². The van der Waals surface area contributed by atoms with E-state index in [2.05, 4.69) is 10.6 Å². The lowest BCUT2D eigenvalue weighted by Gasteiger charge is -2.30. The molecule has 2 fully saturated rings. The summed E-state index contributed by atoms with van der Waals surface area (Å²) in [6.07, 6.45) is 3.90. The average molecular weight is 797 g/mol. The van der Waals surface area contributed by atoms with E-state index in [-0.39, 0.29) is 31.5 Å². The lowest BCUT2D eigenvalue weighted by molar-refractivity contribution is -0.141. The van der Waals surface area contributed by atoms with Crippen LogP contribution in [0.2, 0.25) is 0 Å². The quantitative estimate of drug-likeness (QED) is 0.311. The van der Waals surface area contributed by atoms with E-state index in [1.807, 2.05) is 35.1 Å². The van der Waals surface area contributed by atoms with Crippen LogP contribution in [0.1, 0.15) is 87.3 Å². The highest BCUT2D eigenvalue weighted by Gasteiger charge is 2.62. The Kier molecular flexibility index (Phi) is 11.2. The van der Waals surface area contributed by atoms with Gasteiger partial charge in [-0.25, -0.2) is 19.1 Å². The highest BCUT2D eigenvalue weighted by Crippen LogP contribution is 2.46. The summed E-state index contributed by atoms with van der Waals surface area (Å²) in [5.41, 5.74) is -0.961. The van der Waals surface area contributed by atoms with Crippen LogP contribution in [0.5, 0.6) is 0 Å². The van der Waals surface area contributed by atoms with Crippen LogP contribution in [-0.2, 0) is 54.0 Å². The number of carboxylic acids is 1. The molecule has 5 atom stereocenters. The Hall–Kier alpha value is -5.39. The molecule has 5 amide bonds. The molecule has 4 N–H and O–H groups in total. The molecule has 1 aliphatic carbocycles. The second-order valence-corrected chi connectivity index (χ2v) is 17.4. The maximum absolute atomic E-state index is 14.4. The van der Waals surface area contributed by atoms with Gasteiger partial charge in [-0.15, -0.1) is 0 Å². The number of alkyl carbamates (subject to hydrolysis) is 1. The summed E-state index contributed by atoms with van der Waals surface area (Å²) in [6.45, 7) is 5.52. The van der Waals surface area contributed by atoms with E-state index in [1.165, 1.54) is 16.8 Å². The van der Waals surface area contributed by atoms with Gasteiger partial charge < -0.3 is 34.7 Å². The fraction of sp³-hybridized carbons (Fsp3) is 0.526. The lowest BCUT2D eigenvalue weighted by Crippen LogP contribution is -2.58. The van der Waals surface area contributed by atoms with Crippen LogP contribution in [0.3, 0.4) is 0 Å². The van der Waals surface area contributed by atoms with E-state index in [4.69, 9.17) is 9.47 Å². The topological polar surface area (TPSA) is 223 Å². The molecule has 1 aromatic heterocycles. The smallest absolute Gasteiger partial charge is 0.410 e. The molecule has 3 aliphatic heterocycles. The van der Waals surface area contributed by atoms with Crippen LogP contribution in [0.15, 0.2) is 53.6 Å². The van der Waals surface area contributed by atoms with E-state index >= 15 is 0 Å². The number of carbonyl (C=O) groups is 6. The molecule has 6 rings (SSSR count). The minimum Gasteiger partial charge on any atom is -0.477 e. The SMILES string of the molecule is Cn1c(C(=O)O)ccc1S(=O)(=O)NC(=O)[C@@]12C[C@@H]1C=CCCCCC[C@H](NC(=O)OC(C)(C)C)C(=O)N1C[C@H](OC(=O)N3Cc4ccccc4C3)C[C@H]1C(=O)N2. The summed E-state index contributed by atoms with van der Waals surface area (Å²) in [5.74, 6) is -4.41. The van der Waals surface area contributed by atoms with E-state index in [0.717, 1.165) is 27.8 Å². The highest BCUT2D eigenvalue weighted by atomic mass is 32.2. The lowest BCUT2D eigenvalue weighted by atomic mass is 10.0. The first-order valence-electron chi connectivity index (χ1n) is 18.7. The molecule has 0 spiro atoms. The summed E-state index contributed by atoms with van der Waals surface area (Å²) in [6, 6.07) is 7.37. The van der Waals surface area contributed by atoms with Crippen molar-refractivity contribution < 1.29 is 51.8 Å². The molecule has 4 aliphatic rings. The van der Waals surface area contributed by atoms with Crippen LogP contribution in [0.4, 0.5) is 9.59 Å². The predicted molar refractivity (Wildman–Crippen MR) is 198 cm³/mol. The van der Waals surface area contributed by atoms with E-state index in [1.54, 1.807) is 26.8 Å². The number of ether oxygens (including phenoxy) is 2. The third kappa shape index (κ3) is 8.69. The van der Waals surface area contributed by atoms with E-state index < -0.39 is 86.2 Å². The zero-order valence-electron chi connectivity index (χ0n) is 31.8. The van der Waals surface area contributed by atoms with Crippen LogP contribution in [-0.4, -0.2) is 99.6 Å². The molecule has 18 heteroatoms. The predicted octanol–water partition coefficient (Wildman–Crippen LogP) is 2.94. The van der Waals surface area contributed by atoms with Gasteiger partial charge >= 0.3 is 18.2 Å². The van der Waals surface area contributed by atoms with Crippen molar-refractivity contribution in [1.29, 1.82) is 0 Å². The average Bonchev–Trinajstić information content (AvgIpc) is 3.44. The van der Waals surface area contributed by atoms with E-state index in [9.17, 15) is 42.3 Å². The molecule has 0 radical (unpaired) electrons. The van der Waals surface area contributed by atoms with Gasteiger partial charge in [-0.2, -0.15) is 8.42 Å². The Morgan fingerprint density at radius 3 is 2.34 bits per heavy atom. The Bertz CT molecular complexity index is 2030. The zero-order valence-corrected chi connectivity index (χ0v) is 32.6. The summed E-state index contributed by atoms with van der Waals surface area (Å²) >= 11 is 0. The number of nitrogens with zero attached hydrogens (tertiary/aromatic N) is 3. The number of sulfonamides is 1. The van der Waals surface area contributed by atoms with Gasteiger partial charge in [0, 0.05) is 32.5 Å². The number of nitrogens with one attached hydrogen (secondary N) is 3. The molecule has 1 saturated carbocycles. The first-order valence-corrected chi connectivity index (χ1v) is 20.1. The van der Waals surface area contributed by atoms with Gasteiger partial charge in [0.1, 0.15) is 35.0 Å². The van der Waals surface area contributed by atoms with Crippen molar-refractivity contribution in [3.05, 3.63) is 65.4 Å². The van der Waals surface area contributed by atoms with Gasteiger partial charge in [0.25, 0.3) is 15.9 Å². The fourth-order valence-corrected chi connectivity index (χ4v) is 8.77. The molecule has 56 heavy (non-hydrogen) atoms. The van der Waals surface area contributed by atoms with Crippen LogP contribution in [0.25, 0.3) is 0 Å². The molecule has 4 heterocycles. The number of carbonyl (C=O) groups excluding carboxylic acids is 5. The molecule has 0 bridgehead atoms. The Morgan fingerprint density at radius 2 is 1.70 bits per heavy atom. The third-order valence-corrected chi connectivity index (χ3v) is 11.9. The van der Waals surface area contributed by atoms with Crippen molar-refractivity contribution in [2.75, 3.05) is 6.54 Å². The van der Waals surface area contributed by atoms with Crippen LogP contribution >= 0.6 is 0 Å². The number of allylic oxidation sites excluding steroid dienone is 1. The molecule has 1 aromatic carbocycles. The number of fused-ring (bicyclic) bond motifs is 3. The maximum Gasteiger partial charge on any atom is 0.410 e. The van der Waals surface area contributed by atoms with Crippen LogP contribution in [0, 0.1) is 5.92 Å². The number of aromatic nitrogens is 1. The number of carboxylic acid groups (broad SMARTS) is 1. The summed E-state index contributed by atoms with van der Waals surface area (Å²) < 4.78 is 41.1. The van der Waals surface area contributed by atoms with E-state index in [0.29, 0.717) is 38.8 Å². The normalized spacial score (nSPS) is 25.4. The monoisotopic (exact) mass is 796 g/mol. The minimum absolute atomic E-state index is 0.0432. The van der Waals surface area contributed by atoms with Gasteiger partial charge in [-0.05, 0) is 69.7 Å². The molecule has 302 valence electrons.